The maximum absolute atomic E-state index is 12.3. The Labute approximate surface area is 168 Å². The van der Waals surface area contributed by atoms with Gasteiger partial charge in [-0.15, -0.1) is 0 Å². The first-order valence-electron chi connectivity index (χ1n) is 10.0. The lowest BCUT2D eigenvalue weighted by atomic mass is 10.1. The molecular weight excluding hydrogens is 350 g/mol. The molecule has 2 aromatic carbocycles. The zero-order chi connectivity index (χ0) is 19.9. The summed E-state index contributed by atoms with van der Waals surface area (Å²) in [6.07, 6.45) is 0.971. The summed E-state index contributed by atoms with van der Waals surface area (Å²) < 4.78 is 5.23. The van der Waals surface area contributed by atoms with Crippen molar-refractivity contribution in [2.45, 2.75) is 20.3 Å². The van der Waals surface area contributed by atoms with Gasteiger partial charge in [0.15, 0.2) is 0 Å². The van der Waals surface area contributed by atoms with Gasteiger partial charge in [0.2, 0.25) is 0 Å². The molecule has 5 nitrogen and oxygen atoms in total. The lowest BCUT2D eigenvalue weighted by Gasteiger charge is -2.36. The van der Waals surface area contributed by atoms with E-state index >= 15 is 0 Å². The Hall–Kier alpha value is -2.53. The first-order valence-corrected chi connectivity index (χ1v) is 10.0. The molecule has 1 amide bonds. The van der Waals surface area contributed by atoms with Crippen molar-refractivity contribution in [1.82, 2.24) is 10.2 Å². The van der Waals surface area contributed by atoms with E-state index in [1.54, 1.807) is 7.11 Å². The molecule has 1 N–H and O–H groups in total. The number of rotatable bonds is 7. The van der Waals surface area contributed by atoms with Crippen LogP contribution in [0.25, 0.3) is 0 Å². The largest absolute Gasteiger partial charge is 0.497 e. The number of nitrogens with one attached hydrogen (secondary N) is 1. The van der Waals surface area contributed by atoms with Crippen LogP contribution in [0, 0.1) is 13.8 Å². The van der Waals surface area contributed by atoms with E-state index in [4.69, 9.17) is 4.74 Å². The fourth-order valence-electron chi connectivity index (χ4n) is 3.69. The van der Waals surface area contributed by atoms with Gasteiger partial charge in [0.1, 0.15) is 5.75 Å². The number of piperazine rings is 1. The summed E-state index contributed by atoms with van der Waals surface area (Å²) >= 11 is 0. The number of anilines is 1. The third kappa shape index (κ3) is 5.26. The SMILES string of the molecule is COc1ccc(N2CCN(CCCNC(=O)c3ccc(C)cc3C)CC2)cc1. The molecule has 2 aromatic rings. The van der Waals surface area contributed by atoms with Gasteiger partial charge in [-0.1, -0.05) is 17.7 Å². The zero-order valence-corrected chi connectivity index (χ0v) is 17.2. The van der Waals surface area contributed by atoms with Crippen LogP contribution in [-0.4, -0.2) is 57.2 Å². The fraction of sp³-hybridized carbons (Fsp3) is 0.435. The topological polar surface area (TPSA) is 44.8 Å². The molecular formula is C23H31N3O2. The maximum Gasteiger partial charge on any atom is 0.251 e. The van der Waals surface area contributed by atoms with Crippen LogP contribution in [0.15, 0.2) is 42.5 Å². The van der Waals surface area contributed by atoms with Crippen molar-refractivity contribution in [3.8, 4) is 5.75 Å². The zero-order valence-electron chi connectivity index (χ0n) is 17.2. The van der Waals surface area contributed by atoms with Gasteiger partial charge in [0.25, 0.3) is 5.91 Å². The second-order valence-corrected chi connectivity index (χ2v) is 7.45. The Morgan fingerprint density at radius 1 is 1.04 bits per heavy atom. The van der Waals surface area contributed by atoms with Crippen LogP contribution < -0.4 is 15.0 Å². The van der Waals surface area contributed by atoms with Gasteiger partial charge in [-0.3, -0.25) is 9.69 Å². The van der Waals surface area contributed by atoms with E-state index in [-0.39, 0.29) is 5.91 Å². The van der Waals surface area contributed by atoms with Crippen LogP contribution in [0.5, 0.6) is 5.75 Å². The molecule has 0 atom stereocenters. The van der Waals surface area contributed by atoms with Crippen molar-refractivity contribution in [2.75, 3.05) is 51.3 Å². The number of methoxy groups -OCH3 is 1. The highest BCUT2D eigenvalue weighted by atomic mass is 16.5. The Balaban J connectivity index is 1.36. The van der Waals surface area contributed by atoms with E-state index in [0.717, 1.165) is 56.0 Å². The summed E-state index contributed by atoms with van der Waals surface area (Å²) in [6, 6.07) is 14.2. The molecule has 1 heterocycles. The summed E-state index contributed by atoms with van der Waals surface area (Å²) in [4.78, 5) is 17.2. The Morgan fingerprint density at radius 3 is 2.39 bits per heavy atom. The van der Waals surface area contributed by atoms with Crippen molar-refractivity contribution < 1.29 is 9.53 Å². The molecule has 5 heteroatoms. The van der Waals surface area contributed by atoms with Crippen LogP contribution in [0.4, 0.5) is 5.69 Å². The van der Waals surface area contributed by atoms with E-state index < -0.39 is 0 Å². The predicted octanol–water partition coefficient (Wildman–Crippen LogP) is 3.25. The number of benzene rings is 2. The molecule has 28 heavy (non-hydrogen) atoms. The molecule has 1 fully saturated rings. The third-order valence-corrected chi connectivity index (χ3v) is 5.37. The molecule has 3 rings (SSSR count). The van der Waals surface area contributed by atoms with Crippen LogP contribution in [-0.2, 0) is 0 Å². The molecule has 0 saturated carbocycles. The highest BCUT2D eigenvalue weighted by Crippen LogP contribution is 2.20. The number of ether oxygens (including phenoxy) is 1. The second-order valence-electron chi connectivity index (χ2n) is 7.45. The molecule has 1 saturated heterocycles. The number of aryl methyl sites for hydroxylation is 2. The number of nitrogens with zero attached hydrogens (tertiary/aromatic N) is 2. The number of carbonyl (C=O) groups excluding carboxylic acids is 1. The van der Waals surface area contributed by atoms with E-state index in [1.165, 1.54) is 11.3 Å². The fourth-order valence-corrected chi connectivity index (χ4v) is 3.69. The molecule has 0 spiro atoms. The Morgan fingerprint density at radius 2 is 1.75 bits per heavy atom. The van der Waals surface area contributed by atoms with Gasteiger partial charge in [0, 0.05) is 44.0 Å². The summed E-state index contributed by atoms with van der Waals surface area (Å²) in [5.74, 6) is 0.923. The minimum Gasteiger partial charge on any atom is -0.497 e. The first-order chi connectivity index (χ1) is 13.6. The average Bonchev–Trinajstić information content (AvgIpc) is 2.71. The lowest BCUT2D eigenvalue weighted by Crippen LogP contribution is -2.47. The summed E-state index contributed by atoms with van der Waals surface area (Å²) in [5, 5.41) is 3.06. The van der Waals surface area contributed by atoms with E-state index in [1.807, 2.05) is 38.1 Å². The van der Waals surface area contributed by atoms with Crippen LogP contribution in [0.2, 0.25) is 0 Å². The van der Waals surface area contributed by atoms with Gasteiger partial charge in [-0.2, -0.15) is 0 Å². The van der Waals surface area contributed by atoms with Crippen LogP contribution in [0.1, 0.15) is 27.9 Å². The molecule has 0 bridgehead atoms. The smallest absolute Gasteiger partial charge is 0.251 e. The van der Waals surface area contributed by atoms with E-state index in [9.17, 15) is 4.79 Å². The summed E-state index contributed by atoms with van der Waals surface area (Å²) in [5.41, 5.74) is 4.25. The van der Waals surface area contributed by atoms with Crippen molar-refractivity contribution in [3.05, 3.63) is 59.2 Å². The van der Waals surface area contributed by atoms with Gasteiger partial charge in [0.05, 0.1) is 7.11 Å². The van der Waals surface area contributed by atoms with Crippen molar-refractivity contribution in [3.63, 3.8) is 0 Å². The third-order valence-electron chi connectivity index (χ3n) is 5.37. The Kier molecular flexibility index (Phi) is 6.93. The average molecular weight is 382 g/mol. The highest BCUT2D eigenvalue weighted by Gasteiger charge is 2.17. The molecule has 0 aromatic heterocycles. The number of amides is 1. The number of hydrogen-bond acceptors (Lipinski definition) is 4. The van der Waals surface area contributed by atoms with Crippen LogP contribution >= 0.6 is 0 Å². The van der Waals surface area contributed by atoms with E-state index in [0.29, 0.717) is 6.54 Å². The molecule has 0 aliphatic carbocycles. The molecule has 1 aliphatic rings. The monoisotopic (exact) mass is 381 g/mol. The van der Waals surface area contributed by atoms with Gasteiger partial charge < -0.3 is 15.0 Å². The number of carbonyl (C=O) groups is 1. The highest BCUT2D eigenvalue weighted by molar-refractivity contribution is 5.95. The maximum atomic E-state index is 12.3. The van der Waals surface area contributed by atoms with Crippen molar-refractivity contribution >= 4 is 11.6 Å². The Bertz CT molecular complexity index is 781. The normalized spacial score (nSPS) is 14.8. The lowest BCUT2D eigenvalue weighted by molar-refractivity contribution is 0.0951. The number of hydrogen-bond donors (Lipinski definition) is 1. The van der Waals surface area contributed by atoms with Gasteiger partial charge >= 0.3 is 0 Å². The minimum atomic E-state index is 0.0295. The predicted molar refractivity (Wildman–Crippen MR) is 115 cm³/mol. The first kappa shape index (κ1) is 20.2. The molecule has 0 unspecified atom stereocenters. The summed E-state index contributed by atoms with van der Waals surface area (Å²) in [7, 11) is 1.69. The van der Waals surface area contributed by atoms with Crippen LogP contribution in [0.3, 0.4) is 0 Å². The second kappa shape index (κ2) is 9.60. The van der Waals surface area contributed by atoms with Gasteiger partial charge in [-0.05, 0) is 62.7 Å². The van der Waals surface area contributed by atoms with E-state index in [2.05, 4.69) is 33.3 Å². The quantitative estimate of drug-likeness (QED) is 0.748. The molecule has 1 aliphatic heterocycles. The van der Waals surface area contributed by atoms with Gasteiger partial charge in [-0.25, -0.2) is 0 Å². The van der Waals surface area contributed by atoms with Crippen molar-refractivity contribution in [2.24, 2.45) is 0 Å². The van der Waals surface area contributed by atoms with Crippen molar-refractivity contribution in [1.29, 1.82) is 0 Å². The minimum absolute atomic E-state index is 0.0295. The summed E-state index contributed by atoms with van der Waals surface area (Å²) in [6.45, 7) is 9.93. The molecule has 150 valence electrons. The standard InChI is InChI=1S/C23H31N3O2/c1-18-5-10-22(19(2)17-18)23(27)24-11-4-12-25-13-15-26(16-14-25)20-6-8-21(28-3)9-7-20/h5-10,17H,4,11-16H2,1-3H3,(H,24,27). The molecule has 0 radical (unpaired) electrons.